The number of fused-ring (bicyclic) bond motifs is 3. The van der Waals surface area contributed by atoms with Gasteiger partial charge in [0.25, 0.3) is 5.91 Å². The van der Waals surface area contributed by atoms with Crippen molar-refractivity contribution in [3.63, 3.8) is 0 Å². The Labute approximate surface area is 197 Å². The molecule has 3 aliphatic rings. The maximum atomic E-state index is 13.6. The molecule has 34 heavy (non-hydrogen) atoms. The van der Waals surface area contributed by atoms with Gasteiger partial charge in [-0.1, -0.05) is 25.5 Å². The van der Waals surface area contributed by atoms with E-state index in [4.69, 9.17) is 10.5 Å². The molecule has 0 radical (unpaired) electrons. The Hall–Kier alpha value is -3.17. The minimum absolute atomic E-state index is 0.0612. The van der Waals surface area contributed by atoms with Crippen LogP contribution in [0.3, 0.4) is 0 Å². The number of primary amides is 1. The van der Waals surface area contributed by atoms with Crippen LogP contribution < -0.4 is 10.5 Å². The highest BCUT2D eigenvalue weighted by Gasteiger charge is 2.63. The Kier molecular flexibility index (Phi) is 6.03. The molecule has 182 valence electrons. The second kappa shape index (κ2) is 8.56. The summed E-state index contributed by atoms with van der Waals surface area (Å²) in [7, 11) is 3.24. The van der Waals surface area contributed by atoms with E-state index in [1.807, 2.05) is 19.1 Å². The smallest absolute Gasteiger partial charge is 0.255 e. The highest BCUT2D eigenvalue weighted by atomic mass is 16.5. The van der Waals surface area contributed by atoms with Crippen molar-refractivity contribution in [1.29, 1.82) is 0 Å². The second-order valence-electron chi connectivity index (χ2n) is 9.46. The van der Waals surface area contributed by atoms with Crippen LogP contribution in [0.25, 0.3) is 0 Å². The van der Waals surface area contributed by atoms with Crippen LogP contribution in [0.4, 0.5) is 0 Å². The number of amides is 1. The number of aliphatic hydroxyl groups is 3. The Morgan fingerprint density at radius 1 is 1.26 bits per heavy atom. The van der Waals surface area contributed by atoms with E-state index in [2.05, 4.69) is 0 Å². The number of allylic oxidation sites excluding steroid dienone is 1. The first-order chi connectivity index (χ1) is 16.0. The van der Waals surface area contributed by atoms with Crippen molar-refractivity contribution < 1.29 is 34.4 Å². The maximum Gasteiger partial charge on any atom is 0.255 e. The lowest BCUT2D eigenvalue weighted by atomic mass is 9.58. The SMILES string of the molecule is CCCCOc1cccc2c1C(=O)C1=C(O)[C@]3(O)C(=O)C(C(N)=O)=C(O)[C@@H](N(C)C)[C@@H]3C[C@@H]1C2. The number of nitrogens with zero attached hydrogens (tertiary/aromatic N) is 1. The van der Waals surface area contributed by atoms with Gasteiger partial charge in [0.05, 0.1) is 18.2 Å². The molecule has 3 aliphatic carbocycles. The summed E-state index contributed by atoms with van der Waals surface area (Å²) in [6, 6.07) is 4.35. The summed E-state index contributed by atoms with van der Waals surface area (Å²) in [5.74, 6) is -5.35. The van der Waals surface area contributed by atoms with Crippen LogP contribution >= 0.6 is 0 Å². The van der Waals surface area contributed by atoms with E-state index < -0.39 is 58.0 Å². The summed E-state index contributed by atoms with van der Waals surface area (Å²) in [6.45, 7) is 2.45. The van der Waals surface area contributed by atoms with Gasteiger partial charge in [-0.15, -0.1) is 0 Å². The fourth-order valence-electron chi connectivity index (χ4n) is 5.62. The third kappa shape index (κ3) is 3.33. The zero-order valence-corrected chi connectivity index (χ0v) is 19.5. The van der Waals surface area contributed by atoms with Crippen molar-refractivity contribution in [2.75, 3.05) is 20.7 Å². The van der Waals surface area contributed by atoms with Crippen LogP contribution in [0.2, 0.25) is 0 Å². The first-order valence-corrected chi connectivity index (χ1v) is 11.4. The van der Waals surface area contributed by atoms with Crippen LogP contribution in [0.15, 0.2) is 40.9 Å². The van der Waals surface area contributed by atoms with Crippen molar-refractivity contribution >= 4 is 17.5 Å². The minimum atomic E-state index is -2.57. The normalized spacial score (nSPS) is 28.6. The molecule has 4 rings (SSSR count). The van der Waals surface area contributed by atoms with Gasteiger partial charge in [-0.2, -0.15) is 0 Å². The number of benzene rings is 1. The van der Waals surface area contributed by atoms with Crippen molar-refractivity contribution in [1.82, 2.24) is 4.90 Å². The number of Topliss-reactive ketones (excluding diaryl/α,β-unsaturated/α-hetero) is 2. The second-order valence-corrected chi connectivity index (χ2v) is 9.46. The van der Waals surface area contributed by atoms with Crippen LogP contribution in [0, 0.1) is 11.8 Å². The van der Waals surface area contributed by atoms with Crippen molar-refractivity contribution in [3.05, 3.63) is 52.0 Å². The lowest BCUT2D eigenvalue weighted by Gasteiger charge is -2.50. The number of ketones is 2. The van der Waals surface area contributed by atoms with Gasteiger partial charge in [0.15, 0.2) is 11.4 Å². The van der Waals surface area contributed by atoms with Gasteiger partial charge in [-0.3, -0.25) is 19.3 Å². The zero-order chi connectivity index (χ0) is 24.9. The lowest BCUT2D eigenvalue weighted by molar-refractivity contribution is -0.148. The quantitative estimate of drug-likeness (QED) is 0.362. The fourth-order valence-corrected chi connectivity index (χ4v) is 5.62. The molecule has 1 amide bonds. The average Bonchev–Trinajstić information content (AvgIpc) is 2.76. The summed E-state index contributed by atoms with van der Waals surface area (Å²) in [4.78, 5) is 40.5. The monoisotopic (exact) mass is 470 g/mol. The van der Waals surface area contributed by atoms with Crippen molar-refractivity contribution in [3.8, 4) is 5.75 Å². The fraction of sp³-hybridized carbons (Fsp3) is 0.480. The molecule has 9 nitrogen and oxygen atoms in total. The predicted molar refractivity (Wildman–Crippen MR) is 122 cm³/mol. The van der Waals surface area contributed by atoms with Gasteiger partial charge in [0.1, 0.15) is 22.8 Å². The largest absolute Gasteiger partial charge is 0.510 e. The number of carbonyl (C=O) groups is 3. The topological polar surface area (TPSA) is 150 Å². The van der Waals surface area contributed by atoms with E-state index >= 15 is 0 Å². The van der Waals surface area contributed by atoms with Gasteiger partial charge < -0.3 is 25.8 Å². The molecular weight excluding hydrogens is 440 g/mol. The van der Waals surface area contributed by atoms with E-state index in [-0.39, 0.29) is 12.0 Å². The Bertz CT molecular complexity index is 1140. The standard InChI is InChI=1S/C25H30N2O7/c1-4-5-9-34-15-8-6-7-12-10-13-11-14-19(27(2)3)21(29)18(24(26)32)23(31)25(14,33)22(30)17(13)20(28)16(12)15/h6-8,13-14,19,29-30,33H,4-5,9-11H2,1-3H3,(H2,26,32)/t13-,14-,19-,25-/m0/s1. The van der Waals surface area contributed by atoms with E-state index in [1.54, 1.807) is 25.1 Å². The minimum Gasteiger partial charge on any atom is -0.510 e. The molecule has 5 N–H and O–H groups in total. The van der Waals surface area contributed by atoms with E-state index in [0.717, 1.165) is 18.4 Å². The number of hydrogen-bond donors (Lipinski definition) is 4. The molecule has 0 aliphatic heterocycles. The van der Waals surface area contributed by atoms with Gasteiger partial charge in [0.2, 0.25) is 5.78 Å². The first-order valence-electron chi connectivity index (χ1n) is 11.4. The summed E-state index contributed by atoms with van der Waals surface area (Å²) in [6.07, 6.45) is 2.25. The number of aliphatic hydroxyl groups excluding tert-OH is 2. The third-order valence-corrected chi connectivity index (χ3v) is 7.20. The van der Waals surface area contributed by atoms with Crippen molar-refractivity contribution in [2.45, 2.75) is 44.2 Å². The molecule has 4 atom stereocenters. The summed E-state index contributed by atoms with van der Waals surface area (Å²) >= 11 is 0. The van der Waals surface area contributed by atoms with Crippen LogP contribution in [0.1, 0.15) is 42.1 Å². The molecule has 0 spiro atoms. The molecule has 0 bridgehead atoms. The molecular formula is C25H30N2O7. The Morgan fingerprint density at radius 2 is 1.97 bits per heavy atom. The lowest BCUT2D eigenvalue weighted by Crippen LogP contribution is -2.63. The number of carbonyl (C=O) groups excluding carboxylic acids is 3. The highest BCUT2D eigenvalue weighted by Crippen LogP contribution is 2.52. The number of nitrogens with two attached hydrogens (primary N) is 1. The number of rotatable bonds is 6. The highest BCUT2D eigenvalue weighted by molar-refractivity contribution is 6.24. The Morgan fingerprint density at radius 3 is 2.59 bits per heavy atom. The molecule has 0 aromatic heterocycles. The molecule has 0 saturated heterocycles. The van der Waals surface area contributed by atoms with E-state index in [1.165, 1.54) is 0 Å². The molecule has 1 aromatic rings. The molecule has 0 saturated carbocycles. The summed E-state index contributed by atoms with van der Waals surface area (Å²) in [5, 5.41) is 33.6. The van der Waals surface area contributed by atoms with Gasteiger partial charge in [0, 0.05) is 11.5 Å². The number of unbranched alkanes of at least 4 members (excludes halogenated alkanes) is 1. The predicted octanol–water partition coefficient (Wildman–Crippen LogP) is 1.59. The van der Waals surface area contributed by atoms with Crippen molar-refractivity contribution in [2.24, 2.45) is 17.6 Å². The van der Waals surface area contributed by atoms with E-state index in [9.17, 15) is 29.7 Å². The van der Waals surface area contributed by atoms with Gasteiger partial charge in [-0.05, 0) is 50.9 Å². The summed E-state index contributed by atoms with van der Waals surface area (Å²) < 4.78 is 5.83. The summed E-state index contributed by atoms with van der Waals surface area (Å²) in [5.41, 5.74) is 3.01. The molecule has 0 unspecified atom stereocenters. The molecule has 1 aromatic carbocycles. The Balaban J connectivity index is 1.87. The van der Waals surface area contributed by atoms with Gasteiger partial charge in [-0.25, -0.2) is 0 Å². The zero-order valence-electron chi connectivity index (χ0n) is 19.5. The third-order valence-electron chi connectivity index (χ3n) is 7.20. The number of hydrogen-bond acceptors (Lipinski definition) is 8. The number of likely N-dealkylation sites (N-methyl/N-ethyl adjacent to an activating group) is 1. The van der Waals surface area contributed by atoms with Crippen LogP contribution in [-0.4, -0.2) is 70.0 Å². The van der Waals surface area contributed by atoms with Gasteiger partial charge >= 0.3 is 0 Å². The van der Waals surface area contributed by atoms with E-state index in [0.29, 0.717) is 24.3 Å². The molecule has 0 fully saturated rings. The number of ether oxygens (including phenoxy) is 1. The first kappa shape index (κ1) is 24.0. The van der Waals surface area contributed by atoms with Crippen LogP contribution in [-0.2, 0) is 16.0 Å². The average molecular weight is 471 g/mol. The molecule has 0 heterocycles. The maximum absolute atomic E-state index is 13.6. The molecule has 9 heteroatoms. The van der Waals surface area contributed by atoms with Crippen LogP contribution in [0.5, 0.6) is 5.75 Å².